The van der Waals surface area contributed by atoms with E-state index in [0.717, 1.165) is 35.0 Å². The highest BCUT2D eigenvalue weighted by Gasteiger charge is 2.06. The summed E-state index contributed by atoms with van der Waals surface area (Å²) in [4.78, 5) is 8.80. The normalized spacial score (nSPS) is 12.5. The Hall–Kier alpha value is -2.26. The van der Waals surface area contributed by atoms with Crippen molar-refractivity contribution in [1.82, 2.24) is 9.97 Å². The summed E-state index contributed by atoms with van der Waals surface area (Å²) in [6.07, 6.45) is 5.34. The van der Waals surface area contributed by atoms with Crippen LogP contribution in [0.1, 0.15) is 19.0 Å². The van der Waals surface area contributed by atoms with Crippen LogP contribution in [-0.2, 0) is 6.42 Å². The Morgan fingerprint density at radius 2 is 1.82 bits per heavy atom. The van der Waals surface area contributed by atoms with Crippen LogP contribution in [0.15, 0.2) is 54.9 Å². The Labute approximate surface area is 130 Å². The summed E-state index contributed by atoms with van der Waals surface area (Å²) in [6.45, 7) is 2.39. The van der Waals surface area contributed by atoms with E-state index in [1.54, 1.807) is 0 Å². The zero-order valence-electron chi connectivity index (χ0n) is 12.7. The predicted molar refractivity (Wildman–Crippen MR) is 89.5 cm³/mol. The van der Waals surface area contributed by atoms with Gasteiger partial charge in [-0.05, 0) is 60.2 Å². The fraction of sp³-hybridized carbons (Fsp3) is 0.263. The number of hydrogen-bond acceptors (Lipinski definition) is 3. The first kappa shape index (κ1) is 14.7. The van der Waals surface area contributed by atoms with E-state index in [1.807, 2.05) is 24.5 Å². The number of fused-ring (bicyclic) bond motifs is 1. The van der Waals surface area contributed by atoms with E-state index in [2.05, 4.69) is 42.2 Å². The first-order chi connectivity index (χ1) is 10.8. The molecule has 0 amide bonds. The Kier molecular flexibility index (Phi) is 4.45. The van der Waals surface area contributed by atoms with Crippen LogP contribution in [0, 0.1) is 5.92 Å². The van der Waals surface area contributed by atoms with Gasteiger partial charge in [0.25, 0.3) is 0 Å². The number of nitrogens with zero attached hydrogens (tertiary/aromatic N) is 2. The second kappa shape index (κ2) is 6.67. The van der Waals surface area contributed by atoms with Crippen molar-refractivity contribution in [3.05, 3.63) is 60.6 Å². The molecule has 1 aromatic carbocycles. The minimum Gasteiger partial charge on any atom is -0.396 e. The minimum absolute atomic E-state index is 0.240. The molecule has 3 aromatic rings. The van der Waals surface area contributed by atoms with Gasteiger partial charge in [-0.1, -0.05) is 19.1 Å². The molecule has 0 bridgehead atoms. The molecule has 2 aromatic heterocycles. The Morgan fingerprint density at radius 3 is 2.59 bits per heavy atom. The van der Waals surface area contributed by atoms with Crippen LogP contribution in [0.2, 0.25) is 0 Å². The second-order valence-electron chi connectivity index (χ2n) is 5.77. The van der Waals surface area contributed by atoms with Gasteiger partial charge in [0, 0.05) is 30.1 Å². The SMILES string of the molecule is CC(CCO)Cc1ccc2cc(-c3ccncc3)ccc2n1. The highest BCUT2D eigenvalue weighted by molar-refractivity contribution is 5.84. The van der Waals surface area contributed by atoms with Crippen molar-refractivity contribution in [1.29, 1.82) is 0 Å². The molecule has 0 aliphatic carbocycles. The van der Waals surface area contributed by atoms with Crippen LogP contribution in [-0.4, -0.2) is 21.7 Å². The van der Waals surface area contributed by atoms with Crippen molar-refractivity contribution >= 4 is 10.9 Å². The summed E-state index contributed by atoms with van der Waals surface area (Å²) >= 11 is 0. The third-order valence-corrected chi connectivity index (χ3v) is 3.94. The van der Waals surface area contributed by atoms with Crippen molar-refractivity contribution in [2.24, 2.45) is 5.92 Å². The molecule has 0 spiro atoms. The van der Waals surface area contributed by atoms with Gasteiger partial charge in [-0.15, -0.1) is 0 Å². The third-order valence-electron chi connectivity index (χ3n) is 3.94. The number of aliphatic hydroxyl groups excluding tert-OH is 1. The summed E-state index contributed by atoms with van der Waals surface area (Å²) in [6, 6.07) is 14.6. The van der Waals surface area contributed by atoms with Crippen molar-refractivity contribution in [2.75, 3.05) is 6.61 Å². The molecule has 1 N–H and O–H groups in total. The molecule has 0 radical (unpaired) electrons. The lowest BCUT2D eigenvalue weighted by molar-refractivity contribution is 0.262. The first-order valence-electron chi connectivity index (χ1n) is 7.67. The summed E-state index contributed by atoms with van der Waals surface area (Å²) in [7, 11) is 0. The maximum atomic E-state index is 9.00. The maximum Gasteiger partial charge on any atom is 0.0705 e. The third kappa shape index (κ3) is 3.31. The van der Waals surface area contributed by atoms with E-state index in [9.17, 15) is 0 Å². The number of benzene rings is 1. The molecule has 0 aliphatic heterocycles. The van der Waals surface area contributed by atoms with Gasteiger partial charge >= 0.3 is 0 Å². The van der Waals surface area contributed by atoms with Crippen LogP contribution in [0.5, 0.6) is 0 Å². The van der Waals surface area contributed by atoms with Crippen molar-refractivity contribution in [3.8, 4) is 11.1 Å². The lowest BCUT2D eigenvalue weighted by atomic mass is 10.0. The van der Waals surface area contributed by atoms with Crippen LogP contribution in [0.25, 0.3) is 22.0 Å². The van der Waals surface area contributed by atoms with Crippen LogP contribution >= 0.6 is 0 Å². The Balaban J connectivity index is 1.88. The molecule has 3 rings (SSSR count). The number of aliphatic hydroxyl groups is 1. The first-order valence-corrected chi connectivity index (χ1v) is 7.67. The standard InChI is InChI=1S/C19H20N2O/c1-14(8-11-22)12-18-4-2-17-13-16(3-5-19(17)21-18)15-6-9-20-10-7-15/h2-7,9-10,13-14,22H,8,11-12H2,1H3. The highest BCUT2D eigenvalue weighted by Crippen LogP contribution is 2.24. The number of aromatic nitrogens is 2. The predicted octanol–water partition coefficient (Wildman–Crippen LogP) is 3.86. The molecule has 0 saturated carbocycles. The van der Waals surface area contributed by atoms with Crippen molar-refractivity contribution in [2.45, 2.75) is 19.8 Å². The monoisotopic (exact) mass is 292 g/mol. The zero-order valence-corrected chi connectivity index (χ0v) is 12.7. The minimum atomic E-state index is 0.240. The van der Waals surface area contributed by atoms with E-state index < -0.39 is 0 Å². The largest absolute Gasteiger partial charge is 0.396 e. The second-order valence-corrected chi connectivity index (χ2v) is 5.77. The summed E-state index contributed by atoms with van der Waals surface area (Å²) in [5, 5.41) is 10.1. The van der Waals surface area contributed by atoms with E-state index in [1.165, 1.54) is 5.56 Å². The average molecular weight is 292 g/mol. The number of hydrogen-bond donors (Lipinski definition) is 1. The molecule has 1 unspecified atom stereocenters. The molecular weight excluding hydrogens is 272 g/mol. The van der Waals surface area contributed by atoms with Gasteiger partial charge in [-0.25, -0.2) is 0 Å². The lowest BCUT2D eigenvalue weighted by Crippen LogP contribution is -2.03. The Morgan fingerprint density at radius 1 is 1.00 bits per heavy atom. The summed E-state index contributed by atoms with van der Waals surface area (Å²) < 4.78 is 0. The number of rotatable bonds is 5. The van der Waals surface area contributed by atoms with Gasteiger partial charge in [-0.3, -0.25) is 9.97 Å². The molecule has 0 saturated heterocycles. The summed E-state index contributed by atoms with van der Waals surface area (Å²) in [5.41, 5.74) is 4.45. The van der Waals surface area contributed by atoms with Gasteiger partial charge < -0.3 is 5.11 Å². The van der Waals surface area contributed by atoms with Gasteiger partial charge in [0.1, 0.15) is 0 Å². The summed E-state index contributed by atoms with van der Waals surface area (Å²) in [5.74, 6) is 0.450. The smallest absolute Gasteiger partial charge is 0.0705 e. The van der Waals surface area contributed by atoms with Crippen LogP contribution in [0.4, 0.5) is 0 Å². The molecule has 0 fully saturated rings. The number of pyridine rings is 2. The molecule has 112 valence electrons. The zero-order chi connectivity index (χ0) is 15.4. The topological polar surface area (TPSA) is 46.0 Å². The van der Waals surface area contributed by atoms with Crippen LogP contribution in [0.3, 0.4) is 0 Å². The molecule has 22 heavy (non-hydrogen) atoms. The quantitative estimate of drug-likeness (QED) is 0.776. The highest BCUT2D eigenvalue weighted by atomic mass is 16.3. The van der Waals surface area contributed by atoms with E-state index >= 15 is 0 Å². The average Bonchev–Trinajstić information content (AvgIpc) is 2.55. The van der Waals surface area contributed by atoms with Crippen molar-refractivity contribution < 1.29 is 5.11 Å². The lowest BCUT2D eigenvalue weighted by Gasteiger charge is -2.10. The fourth-order valence-electron chi connectivity index (χ4n) is 2.68. The van der Waals surface area contributed by atoms with Gasteiger partial charge in [0.05, 0.1) is 5.52 Å². The van der Waals surface area contributed by atoms with E-state index in [0.29, 0.717) is 5.92 Å². The molecular formula is C19H20N2O. The van der Waals surface area contributed by atoms with Crippen molar-refractivity contribution in [3.63, 3.8) is 0 Å². The molecule has 1 atom stereocenters. The van der Waals surface area contributed by atoms with Gasteiger partial charge in [0.15, 0.2) is 0 Å². The molecule has 3 heteroatoms. The molecule has 2 heterocycles. The molecule has 0 aliphatic rings. The van der Waals surface area contributed by atoms with Gasteiger partial charge in [-0.2, -0.15) is 0 Å². The fourth-order valence-corrected chi connectivity index (χ4v) is 2.68. The maximum absolute atomic E-state index is 9.00. The Bertz CT molecular complexity index is 756. The van der Waals surface area contributed by atoms with E-state index in [4.69, 9.17) is 10.1 Å². The van der Waals surface area contributed by atoms with E-state index in [-0.39, 0.29) is 6.61 Å². The van der Waals surface area contributed by atoms with Crippen LogP contribution < -0.4 is 0 Å². The van der Waals surface area contributed by atoms with Gasteiger partial charge in [0.2, 0.25) is 0 Å². The molecule has 3 nitrogen and oxygen atoms in total.